The second-order valence-corrected chi connectivity index (χ2v) is 5.25. The minimum Gasteiger partial charge on any atom is -0.494 e. The summed E-state index contributed by atoms with van der Waals surface area (Å²) in [7, 11) is 0. The van der Waals surface area contributed by atoms with Crippen LogP contribution in [0.3, 0.4) is 0 Å². The molecule has 4 N–H and O–H groups in total. The number of nitrogens with two attached hydrogens (primary N) is 1. The fourth-order valence-corrected chi connectivity index (χ4v) is 2.33. The summed E-state index contributed by atoms with van der Waals surface area (Å²) in [5.41, 5.74) is 5.46. The van der Waals surface area contributed by atoms with Crippen molar-refractivity contribution in [3.8, 4) is 5.75 Å². The normalized spacial score (nSPS) is 16.9. The van der Waals surface area contributed by atoms with E-state index in [1.165, 1.54) is 0 Å². The fourth-order valence-electron chi connectivity index (χ4n) is 2.33. The van der Waals surface area contributed by atoms with Crippen LogP contribution in [0, 0.1) is 5.41 Å². The lowest BCUT2D eigenvalue weighted by atomic mass is 9.67. The van der Waals surface area contributed by atoms with Crippen LogP contribution in [-0.4, -0.2) is 23.6 Å². The van der Waals surface area contributed by atoms with Crippen LogP contribution in [0.1, 0.15) is 32.6 Å². The standard InChI is InChI=1S/C15H21N3O3/c1-2-10-21-12-6-4-11(5-7-12)17-14(19)15(8-3-9-15)13(16)18-20/h4-7,20H,2-3,8-10H2,1H3,(H2,16,18)(H,17,19). The van der Waals surface area contributed by atoms with Crippen LogP contribution in [-0.2, 0) is 4.79 Å². The third kappa shape index (κ3) is 3.09. The molecule has 0 saturated heterocycles. The Morgan fingerprint density at radius 2 is 2.10 bits per heavy atom. The summed E-state index contributed by atoms with van der Waals surface area (Å²) in [6.45, 7) is 2.71. The smallest absolute Gasteiger partial charge is 0.238 e. The van der Waals surface area contributed by atoms with Crippen molar-refractivity contribution in [2.75, 3.05) is 11.9 Å². The first-order chi connectivity index (χ1) is 10.1. The van der Waals surface area contributed by atoms with Gasteiger partial charge in [0.05, 0.1) is 6.61 Å². The highest BCUT2D eigenvalue weighted by Crippen LogP contribution is 2.42. The highest BCUT2D eigenvalue weighted by molar-refractivity contribution is 6.12. The van der Waals surface area contributed by atoms with Gasteiger partial charge in [0.15, 0.2) is 5.84 Å². The van der Waals surface area contributed by atoms with Gasteiger partial charge >= 0.3 is 0 Å². The monoisotopic (exact) mass is 291 g/mol. The van der Waals surface area contributed by atoms with E-state index < -0.39 is 5.41 Å². The maximum absolute atomic E-state index is 12.4. The minimum absolute atomic E-state index is 0.0193. The lowest BCUT2D eigenvalue weighted by molar-refractivity contribution is -0.125. The molecule has 0 bridgehead atoms. The summed E-state index contributed by atoms with van der Waals surface area (Å²) in [5, 5.41) is 14.7. The van der Waals surface area contributed by atoms with Crippen LogP contribution in [0.15, 0.2) is 29.4 Å². The Hall–Kier alpha value is -2.24. The Labute approximate surface area is 124 Å². The average Bonchev–Trinajstić information content (AvgIpc) is 2.45. The molecule has 1 aliphatic rings. The molecule has 1 aliphatic carbocycles. The van der Waals surface area contributed by atoms with Gasteiger partial charge in [-0.15, -0.1) is 0 Å². The number of oxime groups is 1. The molecule has 1 saturated carbocycles. The number of anilines is 1. The molecule has 0 aromatic heterocycles. The van der Waals surface area contributed by atoms with Crippen molar-refractivity contribution in [1.29, 1.82) is 0 Å². The van der Waals surface area contributed by atoms with Crippen molar-refractivity contribution >= 4 is 17.4 Å². The molecule has 0 spiro atoms. The van der Waals surface area contributed by atoms with Gasteiger partial charge in [0, 0.05) is 5.69 Å². The van der Waals surface area contributed by atoms with Gasteiger partial charge in [-0.1, -0.05) is 18.5 Å². The van der Waals surface area contributed by atoms with E-state index in [2.05, 4.69) is 10.5 Å². The van der Waals surface area contributed by atoms with Crippen LogP contribution < -0.4 is 15.8 Å². The van der Waals surface area contributed by atoms with Gasteiger partial charge in [-0.05, 0) is 43.5 Å². The van der Waals surface area contributed by atoms with Crippen molar-refractivity contribution in [3.63, 3.8) is 0 Å². The van der Waals surface area contributed by atoms with Gasteiger partial charge in [-0.25, -0.2) is 0 Å². The Bertz CT molecular complexity index is 521. The van der Waals surface area contributed by atoms with E-state index in [1.807, 2.05) is 19.1 Å². The molecule has 1 aromatic carbocycles. The molecule has 114 valence electrons. The highest BCUT2D eigenvalue weighted by Gasteiger charge is 2.48. The first-order valence-corrected chi connectivity index (χ1v) is 7.14. The number of ether oxygens (including phenoxy) is 1. The molecule has 0 aliphatic heterocycles. The Morgan fingerprint density at radius 1 is 1.43 bits per heavy atom. The van der Waals surface area contributed by atoms with Gasteiger partial charge in [0.1, 0.15) is 11.2 Å². The molecule has 2 rings (SSSR count). The van der Waals surface area contributed by atoms with Crippen LogP contribution >= 0.6 is 0 Å². The minimum atomic E-state index is -0.869. The van der Waals surface area contributed by atoms with Crippen LogP contribution in [0.5, 0.6) is 5.75 Å². The van der Waals surface area contributed by atoms with Gasteiger partial charge in [0.25, 0.3) is 0 Å². The third-order valence-electron chi connectivity index (χ3n) is 3.82. The Kier molecular flexibility index (Phi) is 4.67. The van der Waals surface area contributed by atoms with E-state index in [1.54, 1.807) is 12.1 Å². The number of benzene rings is 1. The summed E-state index contributed by atoms with van der Waals surface area (Å²) in [6.07, 6.45) is 3.05. The number of amides is 1. The van der Waals surface area contributed by atoms with Gasteiger partial charge in [-0.3, -0.25) is 4.79 Å². The number of amidine groups is 1. The maximum atomic E-state index is 12.4. The summed E-state index contributed by atoms with van der Waals surface area (Å²) in [6, 6.07) is 7.17. The number of carbonyl (C=O) groups excluding carboxylic acids is 1. The molecule has 0 atom stereocenters. The van der Waals surface area contributed by atoms with E-state index in [9.17, 15) is 4.79 Å². The van der Waals surface area contributed by atoms with Crippen molar-refractivity contribution in [2.45, 2.75) is 32.6 Å². The molecule has 1 fully saturated rings. The third-order valence-corrected chi connectivity index (χ3v) is 3.82. The summed E-state index contributed by atoms with van der Waals surface area (Å²) >= 11 is 0. The number of carbonyl (C=O) groups is 1. The first-order valence-electron chi connectivity index (χ1n) is 7.14. The van der Waals surface area contributed by atoms with Crippen LogP contribution in [0.4, 0.5) is 5.69 Å². The number of nitrogens with one attached hydrogen (secondary N) is 1. The number of hydrogen-bond acceptors (Lipinski definition) is 4. The SMILES string of the molecule is CCCOc1ccc(NC(=O)C2(/C(N)=N/O)CCC2)cc1. The van der Waals surface area contributed by atoms with E-state index in [0.29, 0.717) is 25.1 Å². The molecule has 6 nitrogen and oxygen atoms in total. The number of hydrogen-bond donors (Lipinski definition) is 3. The molecular formula is C15H21N3O3. The van der Waals surface area contributed by atoms with E-state index in [4.69, 9.17) is 15.7 Å². The number of rotatable bonds is 6. The zero-order valence-electron chi connectivity index (χ0n) is 12.1. The second kappa shape index (κ2) is 6.47. The molecule has 21 heavy (non-hydrogen) atoms. The highest BCUT2D eigenvalue weighted by atomic mass is 16.5. The van der Waals surface area contributed by atoms with Crippen LogP contribution in [0.25, 0.3) is 0 Å². The van der Waals surface area contributed by atoms with E-state index in [-0.39, 0.29) is 11.7 Å². The maximum Gasteiger partial charge on any atom is 0.238 e. The summed E-state index contributed by atoms with van der Waals surface area (Å²) < 4.78 is 5.49. The quantitative estimate of drug-likeness (QED) is 0.324. The van der Waals surface area contributed by atoms with Gasteiger partial charge < -0.3 is 21.0 Å². The average molecular weight is 291 g/mol. The molecule has 0 heterocycles. The van der Waals surface area contributed by atoms with E-state index in [0.717, 1.165) is 18.6 Å². The van der Waals surface area contributed by atoms with Crippen LogP contribution in [0.2, 0.25) is 0 Å². The predicted molar refractivity (Wildman–Crippen MR) is 80.6 cm³/mol. The summed E-state index contributed by atoms with van der Waals surface area (Å²) in [5.74, 6) is 0.519. The lowest BCUT2D eigenvalue weighted by Crippen LogP contribution is -2.51. The largest absolute Gasteiger partial charge is 0.494 e. The molecule has 1 amide bonds. The molecule has 0 unspecified atom stereocenters. The van der Waals surface area contributed by atoms with Crippen molar-refractivity contribution in [2.24, 2.45) is 16.3 Å². The predicted octanol–water partition coefficient (Wildman–Crippen LogP) is 2.33. The van der Waals surface area contributed by atoms with Crippen molar-refractivity contribution in [3.05, 3.63) is 24.3 Å². The fraction of sp³-hybridized carbons (Fsp3) is 0.467. The van der Waals surface area contributed by atoms with Gasteiger partial charge in [0.2, 0.25) is 5.91 Å². The summed E-state index contributed by atoms with van der Waals surface area (Å²) in [4.78, 5) is 12.4. The molecular weight excluding hydrogens is 270 g/mol. The van der Waals surface area contributed by atoms with Gasteiger partial charge in [-0.2, -0.15) is 0 Å². The molecule has 6 heteroatoms. The van der Waals surface area contributed by atoms with Crippen molar-refractivity contribution in [1.82, 2.24) is 0 Å². The number of nitrogens with zero attached hydrogens (tertiary/aromatic N) is 1. The zero-order valence-corrected chi connectivity index (χ0v) is 12.1. The van der Waals surface area contributed by atoms with E-state index >= 15 is 0 Å². The zero-order chi connectivity index (χ0) is 15.3. The Balaban J connectivity index is 2.02. The molecule has 0 radical (unpaired) electrons. The van der Waals surface area contributed by atoms with Crippen molar-refractivity contribution < 1.29 is 14.7 Å². The topological polar surface area (TPSA) is 96.9 Å². The Morgan fingerprint density at radius 3 is 2.57 bits per heavy atom. The lowest BCUT2D eigenvalue weighted by Gasteiger charge is -2.38. The molecule has 1 aromatic rings. The second-order valence-electron chi connectivity index (χ2n) is 5.25. The first kappa shape index (κ1) is 15.2.